The average molecular weight is 334 g/mol. The molecule has 1 aliphatic heterocycles. The van der Waals surface area contributed by atoms with Gasteiger partial charge in [-0.2, -0.15) is 9.57 Å². The van der Waals surface area contributed by atoms with E-state index in [4.69, 9.17) is 4.74 Å². The van der Waals surface area contributed by atoms with Gasteiger partial charge < -0.3 is 4.74 Å². The third-order valence-electron chi connectivity index (χ3n) is 4.87. The summed E-state index contributed by atoms with van der Waals surface area (Å²) in [5.74, 6) is 1.03. The Morgan fingerprint density at radius 3 is 2.52 bits per heavy atom. The minimum atomic E-state index is -3.43. The third kappa shape index (κ3) is 3.22. The molecule has 0 radical (unpaired) electrons. The van der Waals surface area contributed by atoms with Crippen molar-refractivity contribution < 1.29 is 13.2 Å². The molecule has 0 bridgehead atoms. The Kier molecular flexibility index (Phi) is 4.11. The summed E-state index contributed by atoms with van der Waals surface area (Å²) in [6, 6.07) is 9.63. The normalized spacial score (nSPS) is 26.7. The molecule has 0 N–H and O–H groups in total. The maximum atomic E-state index is 12.8. The van der Waals surface area contributed by atoms with Gasteiger partial charge in [-0.1, -0.05) is 19.1 Å². The molecule has 3 rings (SSSR count). The molecule has 1 saturated heterocycles. The van der Waals surface area contributed by atoms with E-state index in [-0.39, 0.29) is 11.8 Å². The average Bonchev–Trinajstić information content (AvgIpc) is 3.18. The second kappa shape index (κ2) is 5.81. The van der Waals surface area contributed by atoms with Crippen molar-refractivity contribution >= 4 is 10.0 Å². The predicted octanol–water partition coefficient (Wildman–Crippen LogP) is 2.71. The fraction of sp³-hybridized carbons (Fsp3) is 0.588. The summed E-state index contributed by atoms with van der Waals surface area (Å²) in [7, 11) is -1.82. The van der Waals surface area contributed by atoms with E-state index in [1.165, 1.54) is 0 Å². The molecule has 0 amide bonds. The lowest BCUT2D eigenvalue weighted by atomic mass is 10.0. The molecular weight excluding hydrogens is 312 g/mol. The van der Waals surface area contributed by atoms with Crippen molar-refractivity contribution in [3.63, 3.8) is 0 Å². The van der Waals surface area contributed by atoms with Crippen LogP contribution >= 0.6 is 0 Å². The number of sulfonamides is 1. The van der Waals surface area contributed by atoms with Gasteiger partial charge in [-0.05, 0) is 42.9 Å². The minimum Gasteiger partial charge on any atom is -0.497 e. The van der Waals surface area contributed by atoms with E-state index in [1.54, 1.807) is 11.4 Å². The van der Waals surface area contributed by atoms with Gasteiger partial charge in [-0.15, -0.1) is 0 Å². The van der Waals surface area contributed by atoms with E-state index in [0.29, 0.717) is 25.3 Å². The molecule has 124 valence electrons. The second-order valence-corrected chi connectivity index (χ2v) is 8.77. The highest BCUT2D eigenvalue weighted by molar-refractivity contribution is 7.89. The van der Waals surface area contributed by atoms with Crippen molar-refractivity contribution in [2.24, 2.45) is 11.3 Å². The minimum absolute atomic E-state index is 0.0458. The van der Waals surface area contributed by atoms with E-state index >= 15 is 0 Å². The third-order valence-corrected chi connectivity index (χ3v) is 6.91. The van der Waals surface area contributed by atoms with Crippen LogP contribution in [0.5, 0.6) is 5.75 Å². The maximum Gasteiger partial charge on any atom is 0.216 e. The smallest absolute Gasteiger partial charge is 0.216 e. The molecule has 0 spiro atoms. The molecule has 2 aliphatic rings. The van der Waals surface area contributed by atoms with Crippen LogP contribution in [0.25, 0.3) is 0 Å². The van der Waals surface area contributed by atoms with Crippen LogP contribution in [-0.4, -0.2) is 32.1 Å². The predicted molar refractivity (Wildman–Crippen MR) is 87.3 cm³/mol. The monoisotopic (exact) mass is 334 g/mol. The Morgan fingerprint density at radius 2 is 2.00 bits per heavy atom. The number of benzene rings is 1. The Balaban J connectivity index is 1.85. The van der Waals surface area contributed by atoms with E-state index in [0.717, 1.165) is 17.7 Å². The summed E-state index contributed by atoms with van der Waals surface area (Å²) in [5, 5.41) is 9.21. The van der Waals surface area contributed by atoms with Crippen LogP contribution < -0.4 is 4.74 Å². The number of nitriles is 1. The van der Waals surface area contributed by atoms with Gasteiger partial charge in [0.25, 0.3) is 0 Å². The standard InChI is InChI=1S/C17H22N2O3S/c1-13-9-16(14-3-5-15(22-2)6-4-14)19(10-13)23(20,21)12-17(11-18)7-8-17/h3-6,13,16H,7-10,12H2,1-2H3/t13-,16+/m1/s1. The highest BCUT2D eigenvalue weighted by Crippen LogP contribution is 2.48. The number of ether oxygens (including phenoxy) is 1. The summed E-state index contributed by atoms with van der Waals surface area (Å²) >= 11 is 0. The summed E-state index contributed by atoms with van der Waals surface area (Å²) in [6.45, 7) is 2.60. The fourth-order valence-electron chi connectivity index (χ4n) is 3.31. The lowest BCUT2D eigenvalue weighted by molar-refractivity contribution is 0.389. The van der Waals surface area contributed by atoms with Gasteiger partial charge in [0.15, 0.2) is 0 Å². The van der Waals surface area contributed by atoms with Crippen LogP contribution in [-0.2, 0) is 10.0 Å². The second-order valence-electron chi connectivity index (χ2n) is 6.85. The first-order valence-electron chi connectivity index (χ1n) is 7.94. The molecular formula is C17H22N2O3S. The van der Waals surface area contributed by atoms with Gasteiger partial charge >= 0.3 is 0 Å². The maximum absolute atomic E-state index is 12.8. The quantitative estimate of drug-likeness (QED) is 0.830. The summed E-state index contributed by atoms with van der Waals surface area (Å²) in [6.07, 6.45) is 2.20. The Labute approximate surface area is 137 Å². The van der Waals surface area contributed by atoms with Gasteiger partial charge in [0.2, 0.25) is 10.0 Å². The molecule has 2 atom stereocenters. The zero-order valence-corrected chi connectivity index (χ0v) is 14.3. The first-order valence-corrected chi connectivity index (χ1v) is 9.55. The molecule has 1 aromatic carbocycles. The largest absolute Gasteiger partial charge is 0.497 e. The molecule has 1 aromatic rings. The summed E-state index contributed by atoms with van der Waals surface area (Å²) in [5.41, 5.74) is 0.343. The number of rotatable bonds is 5. The number of hydrogen-bond acceptors (Lipinski definition) is 4. The summed E-state index contributed by atoms with van der Waals surface area (Å²) < 4.78 is 32.5. The highest BCUT2D eigenvalue weighted by atomic mass is 32.2. The SMILES string of the molecule is COc1ccc([C@@H]2C[C@@H](C)CN2S(=O)(=O)CC2(C#N)CC2)cc1. The lowest BCUT2D eigenvalue weighted by Gasteiger charge is -2.25. The number of hydrogen-bond donors (Lipinski definition) is 0. The van der Waals surface area contributed by atoms with Gasteiger partial charge in [0.05, 0.1) is 30.4 Å². The topological polar surface area (TPSA) is 70.4 Å². The Bertz CT molecular complexity index is 717. The van der Waals surface area contributed by atoms with Gasteiger partial charge in [0.1, 0.15) is 5.75 Å². The molecule has 1 aliphatic carbocycles. The van der Waals surface area contributed by atoms with Gasteiger partial charge in [-0.25, -0.2) is 8.42 Å². The molecule has 6 heteroatoms. The van der Waals surface area contributed by atoms with Crippen LogP contribution in [0.1, 0.15) is 37.8 Å². The number of nitrogens with zero attached hydrogens (tertiary/aromatic N) is 2. The lowest BCUT2D eigenvalue weighted by Crippen LogP contribution is -2.35. The zero-order valence-electron chi connectivity index (χ0n) is 13.5. The van der Waals surface area contributed by atoms with Crippen LogP contribution in [0.15, 0.2) is 24.3 Å². The van der Waals surface area contributed by atoms with Crippen molar-refractivity contribution in [1.29, 1.82) is 5.26 Å². The Hall–Kier alpha value is -1.58. The molecule has 23 heavy (non-hydrogen) atoms. The van der Waals surface area contributed by atoms with Crippen molar-refractivity contribution in [3.8, 4) is 11.8 Å². The molecule has 5 nitrogen and oxygen atoms in total. The van der Waals surface area contributed by atoms with E-state index < -0.39 is 15.4 Å². The van der Waals surface area contributed by atoms with Crippen molar-refractivity contribution in [2.45, 2.75) is 32.2 Å². The van der Waals surface area contributed by atoms with Gasteiger partial charge in [0, 0.05) is 6.54 Å². The van der Waals surface area contributed by atoms with Crippen molar-refractivity contribution in [3.05, 3.63) is 29.8 Å². The molecule has 1 heterocycles. The van der Waals surface area contributed by atoms with Crippen molar-refractivity contribution in [2.75, 3.05) is 19.4 Å². The molecule has 2 fully saturated rings. The molecule has 0 unspecified atom stereocenters. The Morgan fingerprint density at radius 1 is 1.35 bits per heavy atom. The van der Waals surface area contributed by atoms with Crippen LogP contribution in [0.4, 0.5) is 0 Å². The van der Waals surface area contributed by atoms with Crippen LogP contribution in [0, 0.1) is 22.7 Å². The van der Waals surface area contributed by atoms with Crippen molar-refractivity contribution in [1.82, 2.24) is 4.31 Å². The summed E-state index contributed by atoms with van der Waals surface area (Å²) in [4.78, 5) is 0. The van der Waals surface area contributed by atoms with Gasteiger partial charge in [-0.3, -0.25) is 0 Å². The van der Waals surface area contributed by atoms with E-state index in [1.807, 2.05) is 24.3 Å². The zero-order chi connectivity index (χ0) is 16.7. The van der Waals surface area contributed by atoms with E-state index in [2.05, 4.69) is 13.0 Å². The molecule has 0 aromatic heterocycles. The first-order chi connectivity index (χ1) is 10.9. The highest BCUT2D eigenvalue weighted by Gasteiger charge is 2.50. The first kappa shape index (κ1) is 16.3. The molecule has 1 saturated carbocycles. The van der Waals surface area contributed by atoms with Crippen LogP contribution in [0.2, 0.25) is 0 Å². The van der Waals surface area contributed by atoms with Crippen LogP contribution in [0.3, 0.4) is 0 Å². The van der Waals surface area contributed by atoms with E-state index in [9.17, 15) is 13.7 Å². The number of methoxy groups -OCH3 is 1. The fourth-order valence-corrected chi connectivity index (χ4v) is 5.61.